The molecule has 3 aromatic heterocycles. The number of H-pyrrole nitrogens is 3. The molecule has 2 aromatic carbocycles. The van der Waals surface area contributed by atoms with Crippen molar-refractivity contribution in [3.05, 3.63) is 64.1 Å². The fourth-order valence-corrected chi connectivity index (χ4v) is 3.68. The van der Waals surface area contributed by atoms with Gasteiger partial charge in [-0.05, 0) is 24.3 Å². The molecule has 0 spiro atoms. The summed E-state index contributed by atoms with van der Waals surface area (Å²) in [5.41, 5.74) is -1.12. The summed E-state index contributed by atoms with van der Waals surface area (Å²) in [7, 11) is 1.54. The minimum Gasteiger partial charge on any atom is -0.378 e. The van der Waals surface area contributed by atoms with Crippen LogP contribution in [-0.2, 0) is 17.5 Å². The summed E-state index contributed by atoms with van der Waals surface area (Å²) >= 11 is 0. The topological polar surface area (TPSA) is 124 Å². The average molecular weight is 455 g/mol. The third-order valence-electron chi connectivity index (χ3n) is 5.05. The molecule has 0 saturated carbocycles. The Bertz CT molecular complexity index is 1530. The van der Waals surface area contributed by atoms with Gasteiger partial charge in [0.15, 0.2) is 11.6 Å². The molecule has 9 nitrogen and oxygen atoms in total. The second kappa shape index (κ2) is 7.74. The van der Waals surface area contributed by atoms with Crippen molar-refractivity contribution < 1.29 is 17.9 Å². The molecular formula is C21H16F3N7O2. The fraction of sp³-hybridized carbons (Fsp3) is 0.143. The Balaban J connectivity index is 1.72. The van der Waals surface area contributed by atoms with E-state index in [-0.39, 0.29) is 22.7 Å². The van der Waals surface area contributed by atoms with Gasteiger partial charge in [-0.25, -0.2) is 9.97 Å². The highest BCUT2D eigenvalue weighted by Crippen LogP contribution is 2.40. The first-order valence-electron chi connectivity index (χ1n) is 9.73. The molecule has 4 N–H and O–H groups in total. The van der Waals surface area contributed by atoms with Gasteiger partial charge in [-0.3, -0.25) is 20.1 Å². The second-order valence-electron chi connectivity index (χ2n) is 7.24. The van der Waals surface area contributed by atoms with E-state index >= 15 is 0 Å². The lowest BCUT2D eigenvalue weighted by atomic mass is 10.0. The summed E-state index contributed by atoms with van der Waals surface area (Å²) < 4.78 is 47.3. The van der Waals surface area contributed by atoms with Crippen molar-refractivity contribution in [2.24, 2.45) is 0 Å². The first kappa shape index (κ1) is 20.7. The van der Waals surface area contributed by atoms with Crippen molar-refractivity contribution in [2.45, 2.75) is 12.8 Å². The van der Waals surface area contributed by atoms with Crippen LogP contribution >= 0.6 is 0 Å². The van der Waals surface area contributed by atoms with Crippen LogP contribution in [0.5, 0.6) is 0 Å². The number of fused-ring (bicyclic) bond motifs is 2. The number of benzene rings is 2. The number of para-hydroxylation sites is 1. The van der Waals surface area contributed by atoms with Crippen LogP contribution < -0.4 is 10.9 Å². The zero-order valence-electron chi connectivity index (χ0n) is 17.0. The van der Waals surface area contributed by atoms with Gasteiger partial charge in [0.25, 0.3) is 5.56 Å². The number of aromatic nitrogens is 6. The Morgan fingerprint density at radius 1 is 1.09 bits per heavy atom. The van der Waals surface area contributed by atoms with Gasteiger partial charge in [0.1, 0.15) is 5.82 Å². The molecule has 5 aromatic rings. The van der Waals surface area contributed by atoms with Crippen LogP contribution in [0.3, 0.4) is 0 Å². The number of alkyl halides is 3. The molecule has 0 amide bonds. The van der Waals surface area contributed by atoms with Crippen molar-refractivity contribution in [3.8, 4) is 11.4 Å². The predicted molar refractivity (Wildman–Crippen MR) is 115 cm³/mol. The Kier molecular flexibility index (Phi) is 4.86. The number of halogens is 3. The van der Waals surface area contributed by atoms with Gasteiger partial charge in [-0.15, -0.1) is 0 Å². The van der Waals surface area contributed by atoms with Gasteiger partial charge >= 0.3 is 6.18 Å². The largest absolute Gasteiger partial charge is 0.417 e. The normalized spacial score (nSPS) is 12.0. The van der Waals surface area contributed by atoms with E-state index in [0.717, 1.165) is 0 Å². The van der Waals surface area contributed by atoms with Gasteiger partial charge in [-0.2, -0.15) is 18.3 Å². The Morgan fingerprint density at radius 2 is 1.91 bits per heavy atom. The number of rotatable bonds is 5. The molecule has 5 rings (SSSR count). The van der Waals surface area contributed by atoms with Gasteiger partial charge < -0.3 is 10.1 Å². The molecule has 0 radical (unpaired) electrons. The minimum absolute atomic E-state index is 0.0393. The first-order valence-corrected chi connectivity index (χ1v) is 9.73. The molecule has 0 aliphatic heterocycles. The van der Waals surface area contributed by atoms with E-state index < -0.39 is 22.7 Å². The van der Waals surface area contributed by atoms with Gasteiger partial charge in [0, 0.05) is 24.1 Å². The standard InChI is InChI=1S/C21H16F3N7O2/c1-33-9-10-8-15(30-28-10)26-18-11-4-2-3-5-13(11)25-19(27-18)12-6-7-14-16(20(32)31-29-14)17(12)21(22,23)24/h2-8H,9H2,1H3,(H2,29,31,32)(H2,25,26,27,28,30). The first-order chi connectivity index (χ1) is 15.8. The molecule has 33 heavy (non-hydrogen) atoms. The zero-order chi connectivity index (χ0) is 23.2. The van der Waals surface area contributed by atoms with Crippen molar-refractivity contribution in [3.63, 3.8) is 0 Å². The lowest BCUT2D eigenvalue weighted by molar-refractivity contribution is -0.135. The number of nitrogens with one attached hydrogen (secondary N) is 4. The highest BCUT2D eigenvalue weighted by atomic mass is 19.4. The Hall–Kier alpha value is -4.19. The SMILES string of the molecule is COCc1cc(Nc2nc(-c3ccc4[nH][nH]c(=O)c4c3C(F)(F)F)nc3ccccc23)n[nH]1. The van der Waals surface area contributed by atoms with Crippen molar-refractivity contribution in [2.75, 3.05) is 12.4 Å². The summed E-state index contributed by atoms with van der Waals surface area (Å²) in [6.45, 7) is 0.310. The van der Waals surface area contributed by atoms with E-state index in [1.165, 1.54) is 12.1 Å². The van der Waals surface area contributed by atoms with Crippen LogP contribution in [0.2, 0.25) is 0 Å². The van der Waals surface area contributed by atoms with Crippen molar-refractivity contribution >= 4 is 33.4 Å². The van der Waals surface area contributed by atoms with Gasteiger partial charge in [0.2, 0.25) is 0 Å². The van der Waals surface area contributed by atoms with E-state index in [0.29, 0.717) is 29.0 Å². The Morgan fingerprint density at radius 3 is 2.70 bits per heavy atom. The highest BCUT2D eigenvalue weighted by molar-refractivity contribution is 5.94. The molecule has 0 fully saturated rings. The second-order valence-corrected chi connectivity index (χ2v) is 7.24. The lowest BCUT2D eigenvalue weighted by Crippen LogP contribution is -2.13. The van der Waals surface area contributed by atoms with E-state index in [9.17, 15) is 18.0 Å². The number of aromatic amines is 3. The zero-order valence-corrected chi connectivity index (χ0v) is 17.0. The summed E-state index contributed by atoms with van der Waals surface area (Å²) in [4.78, 5) is 20.9. The predicted octanol–water partition coefficient (Wildman–Crippen LogP) is 4.10. The third kappa shape index (κ3) is 3.69. The van der Waals surface area contributed by atoms with Gasteiger partial charge in [0.05, 0.1) is 34.3 Å². The third-order valence-corrected chi connectivity index (χ3v) is 5.05. The number of anilines is 2. The summed E-state index contributed by atoms with van der Waals surface area (Å²) in [5, 5.41) is 14.7. The molecule has 0 unspecified atom stereocenters. The highest BCUT2D eigenvalue weighted by Gasteiger charge is 2.38. The molecule has 0 aliphatic carbocycles. The smallest absolute Gasteiger partial charge is 0.378 e. The number of hydrogen-bond donors (Lipinski definition) is 4. The average Bonchev–Trinajstić information content (AvgIpc) is 3.39. The molecule has 0 bridgehead atoms. The number of ether oxygens (including phenoxy) is 1. The Labute approximate surface area is 183 Å². The number of methoxy groups -OCH3 is 1. The molecule has 0 atom stereocenters. The van der Waals surface area contributed by atoms with Crippen molar-refractivity contribution in [1.29, 1.82) is 0 Å². The van der Waals surface area contributed by atoms with E-state index in [1.807, 2.05) is 0 Å². The lowest BCUT2D eigenvalue weighted by Gasteiger charge is -2.14. The fourth-order valence-electron chi connectivity index (χ4n) is 3.68. The van der Waals surface area contributed by atoms with E-state index in [2.05, 4.69) is 35.7 Å². The molecule has 0 aliphatic rings. The van der Waals surface area contributed by atoms with E-state index in [1.54, 1.807) is 37.4 Å². The monoisotopic (exact) mass is 455 g/mol. The van der Waals surface area contributed by atoms with Crippen LogP contribution in [0, 0.1) is 0 Å². The van der Waals surface area contributed by atoms with Crippen LogP contribution in [-0.4, -0.2) is 37.5 Å². The summed E-state index contributed by atoms with van der Waals surface area (Å²) in [6, 6.07) is 11.2. The molecular weight excluding hydrogens is 439 g/mol. The quantitative estimate of drug-likeness (QED) is 0.316. The van der Waals surface area contributed by atoms with Crippen molar-refractivity contribution in [1.82, 2.24) is 30.4 Å². The minimum atomic E-state index is -4.82. The van der Waals surface area contributed by atoms with Crippen LogP contribution in [0.1, 0.15) is 11.3 Å². The molecule has 12 heteroatoms. The van der Waals surface area contributed by atoms with Crippen LogP contribution in [0.25, 0.3) is 33.2 Å². The molecule has 168 valence electrons. The number of nitrogens with zero attached hydrogens (tertiary/aromatic N) is 3. The van der Waals surface area contributed by atoms with E-state index in [4.69, 9.17) is 4.74 Å². The number of hydrogen-bond acceptors (Lipinski definition) is 6. The summed E-state index contributed by atoms with van der Waals surface area (Å²) in [5.74, 6) is 0.492. The molecule has 3 heterocycles. The van der Waals surface area contributed by atoms with Crippen LogP contribution in [0.15, 0.2) is 47.3 Å². The van der Waals surface area contributed by atoms with Gasteiger partial charge in [-0.1, -0.05) is 12.1 Å². The maximum absolute atomic E-state index is 14.1. The molecule has 0 saturated heterocycles. The maximum atomic E-state index is 14.1. The maximum Gasteiger partial charge on any atom is 0.417 e. The van der Waals surface area contributed by atoms with Crippen LogP contribution in [0.4, 0.5) is 24.8 Å². The summed E-state index contributed by atoms with van der Waals surface area (Å²) in [6.07, 6.45) is -4.82.